The summed E-state index contributed by atoms with van der Waals surface area (Å²) in [6, 6.07) is 14.3. The van der Waals surface area contributed by atoms with Crippen LogP contribution in [0.5, 0.6) is 5.75 Å². The van der Waals surface area contributed by atoms with Crippen LogP contribution in [0, 0.1) is 0 Å². The van der Waals surface area contributed by atoms with Gasteiger partial charge < -0.3 is 9.84 Å². The Hall–Kier alpha value is -2.29. The zero-order chi connectivity index (χ0) is 14.5. The van der Waals surface area contributed by atoms with E-state index in [0.717, 1.165) is 5.56 Å². The number of benzene rings is 2. The molecule has 0 aliphatic carbocycles. The summed E-state index contributed by atoms with van der Waals surface area (Å²) in [4.78, 5) is 11.9. The second kappa shape index (κ2) is 6.24. The van der Waals surface area contributed by atoms with Crippen molar-refractivity contribution in [2.24, 2.45) is 0 Å². The smallest absolute Gasteiger partial charge is 0.342 e. The van der Waals surface area contributed by atoms with Crippen molar-refractivity contribution >= 4 is 5.97 Å². The van der Waals surface area contributed by atoms with Crippen LogP contribution in [0.15, 0.2) is 48.5 Å². The Balaban J connectivity index is 2.04. The van der Waals surface area contributed by atoms with E-state index in [1.54, 1.807) is 18.2 Å². The molecule has 0 spiro atoms. The third-order valence-electron chi connectivity index (χ3n) is 3.11. The summed E-state index contributed by atoms with van der Waals surface area (Å²) in [5.74, 6) is -0.143. The lowest BCUT2D eigenvalue weighted by molar-refractivity contribution is 0.0469. The molecule has 0 aromatic heterocycles. The van der Waals surface area contributed by atoms with Crippen LogP contribution >= 0.6 is 0 Å². The summed E-state index contributed by atoms with van der Waals surface area (Å²) < 4.78 is 5.23. The molecule has 0 aliphatic rings. The SMILES string of the molecule is CC(C)c1cccc(COC(=O)c2ccccc2O)c1. The molecule has 0 saturated carbocycles. The van der Waals surface area contributed by atoms with E-state index < -0.39 is 5.97 Å². The van der Waals surface area contributed by atoms with Gasteiger partial charge in [0.05, 0.1) is 0 Å². The molecule has 0 saturated heterocycles. The molecule has 0 heterocycles. The minimum absolute atomic E-state index is 0.0616. The Labute approximate surface area is 118 Å². The normalized spacial score (nSPS) is 10.6. The first-order valence-corrected chi connectivity index (χ1v) is 6.62. The number of esters is 1. The van der Waals surface area contributed by atoms with Crippen LogP contribution in [0.4, 0.5) is 0 Å². The lowest BCUT2D eigenvalue weighted by Gasteiger charge is -2.09. The van der Waals surface area contributed by atoms with E-state index in [2.05, 4.69) is 19.9 Å². The molecule has 0 bridgehead atoms. The van der Waals surface area contributed by atoms with Crippen molar-refractivity contribution in [3.05, 3.63) is 65.2 Å². The van der Waals surface area contributed by atoms with Gasteiger partial charge in [-0.15, -0.1) is 0 Å². The number of aromatic hydroxyl groups is 1. The second-order valence-corrected chi connectivity index (χ2v) is 4.99. The average Bonchev–Trinajstić information content (AvgIpc) is 2.45. The molecule has 0 amide bonds. The third-order valence-corrected chi connectivity index (χ3v) is 3.11. The predicted octanol–water partition coefficient (Wildman–Crippen LogP) is 3.87. The van der Waals surface area contributed by atoms with E-state index in [1.165, 1.54) is 11.6 Å². The molecule has 20 heavy (non-hydrogen) atoms. The molecule has 0 fully saturated rings. The van der Waals surface area contributed by atoms with Gasteiger partial charge >= 0.3 is 5.97 Å². The molecule has 0 aliphatic heterocycles. The Morgan fingerprint density at radius 1 is 1.15 bits per heavy atom. The molecule has 1 N–H and O–H groups in total. The lowest BCUT2D eigenvalue weighted by atomic mass is 10.0. The van der Waals surface area contributed by atoms with Gasteiger partial charge in [0.15, 0.2) is 0 Å². The van der Waals surface area contributed by atoms with Crippen LogP contribution in [0.25, 0.3) is 0 Å². The summed E-state index contributed by atoms with van der Waals surface area (Å²) in [5.41, 5.74) is 2.34. The maximum atomic E-state index is 11.9. The van der Waals surface area contributed by atoms with E-state index in [4.69, 9.17) is 4.74 Å². The van der Waals surface area contributed by atoms with Crippen molar-refractivity contribution in [2.75, 3.05) is 0 Å². The highest BCUT2D eigenvalue weighted by Gasteiger charge is 2.11. The maximum Gasteiger partial charge on any atom is 0.342 e. The minimum atomic E-state index is -0.516. The number of carbonyl (C=O) groups is 1. The monoisotopic (exact) mass is 270 g/mol. The number of carbonyl (C=O) groups excluding carboxylic acids is 1. The van der Waals surface area contributed by atoms with Crippen LogP contribution in [0.1, 0.15) is 41.3 Å². The molecular weight excluding hydrogens is 252 g/mol. The van der Waals surface area contributed by atoms with Gasteiger partial charge in [0.25, 0.3) is 0 Å². The minimum Gasteiger partial charge on any atom is -0.507 e. The second-order valence-electron chi connectivity index (χ2n) is 4.99. The number of phenolic OH excluding ortho intramolecular Hbond substituents is 1. The molecule has 0 radical (unpaired) electrons. The quantitative estimate of drug-likeness (QED) is 0.858. The predicted molar refractivity (Wildman–Crippen MR) is 77.8 cm³/mol. The molecule has 104 valence electrons. The third kappa shape index (κ3) is 3.38. The van der Waals surface area contributed by atoms with Gasteiger partial charge in [0, 0.05) is 0 Å². The first kappa shape index (κ1) is 14.1. The summed E-state index contributed by atoms with van der Waals surface area (Å²) in [6.45, 7) is 4.44. The van der Waals surface area contributed by atoms with Crippen LogP contribution < -0.4 is 0 Å². The van der Waals surface area contributed by atoms with E-state index in [0.29, 0.717) is 5.92 Å². The fraction of sp³-hybridized carbons (Fsp3) is 0.235. The van der Waals surface area contributed by atoms with Crippen LogP contribution in [0.2, 0.25) is 0 Å². The lowest BCUT2D eigenvalue weighted by Crippen LogP contribution is -2.05. The summed E-state index contributed by atoms with van der Waals surface area (Å²) in [6.07, 6.45) is 0. The van der Waals surface area contributed by atoms with E-state index in [1.807, 2.05) is 18.2 Å². The van der Waals surface area contributed by atoms with E-state index >= 15 is 0 Å². The van der Waals surface area contributed by atoms with Crippen molar-refractivity contribution in [1.82, 2.24) is 0 Å². The number of para-hydroxylation sites is 1. The highest BCUT2D eigenvalue weighted by atomic mass is 16.5. The van der Waals surface area contributed by atoms with Crippen molar-refractivity contribution in [1.29, 1.82) is 0 Å². The molecule has 0 unspecified atom stereocenters. The van der Waals surface area contributed by atoms with Gasteiger partial charge in [-0.3, -0.25) is 0 Å². The fourth-order valence-electron chi connectivity index (χ4n) is 1.91. The average molecular weight is 270 g/mol. The van der Waals surface area contributed by atoms with Crippen molar-refractivity contribution in [3.63, 3.8) is 0 Å². The van der Waals surface area contributed by atoms with Gasteiger partial charge in [-0.05, 0) is 29.2 Å². The number of hydrogen-bond acceptors (Lipinski definition) is 3. The fourth-order valence-corrected chi connectivity index (χ4v) is 1.91. The molecule has 2 aromatic rings. The molecule has 2 rings (SSSR count). The van der Waals surface area contributed by atoms with Crippen LogP contribution in [0.3, 0.4) is 0 Å². The Morgan fingerprint density at radius 2 is 1.90 bits per heavy atom. The van der Waals surface area contributed by atoms with Gasteiger partial charge in [0.1, 0.15) is 17.9 Å². The largest absolute Gasteiger partial charge is 0.507 e. The molecular formula is C17H18O3. The van der Waals surface area contributed by atoms with E-state index in [-0.39, 0.29) is 17.9 Å². The standard InChI is InChI=1S/C17H18O3/c1-12(2)14-7-5-6-13(10-14)11-20-17(19)15-8-3-4-9-16(15)18/h3-10,12,18H,11H2,1-2H3. The Kier molecular flexibility index (Phi) is 4.41. The van der Waals surface area contributed by atoms with Crippen molar-refractivity contribution < 1.29 is 14.6 Å². The first-order chi connectivity index (χ1) is 9.58. The van der Waals surface area contributed by atoms with E-state index in [9.17, 15) is 9.90 Å². The van der Waals surface area contributed by atoms with Crippen molar-refractivity contribution in [3.8, 4) is 5.75 Å². The zero-order valence-corrected chi connectivity index (χ0v) is 11.7. The van der Waals surface area contributed by atoms with Gasteiger partial charge in [-0.2, -0.15) is 0 Å². The molecule has 3 heteroatoms. The number of ether oxygens (including phenoxy) is 1. The van der Waals surface area contributed by atoms with Gasteiger partial charge in [0.2, 0.25) is 0 Å². The summed E-state index contributed by atoms with van der Waals surface area (Å²) in [5, 5.41) is 9.59. The van der Waals surface area contributed by atoms with Gasteiger partial charge in [-0.25, -0.2) is 4.79 Å². The maximum absolute atomic E-state index is 11.9. The Bertz CT molecular complexity index is 603. The molecule has 0 atom stereocenters. The highest BCUT2D eigenvalue weighted by Crippen LogP contribution is 2.19. The number of hydrogen-bond donors (Lipinski definition) is 1. The number of rotatable bonds is 4. The Morgan fingerprint density at radius 3 is 2.60 bits per heavy atom. The summed E-state index contributed by atoms with van der Waals surface area (Å²) in [7, 11) is 0. The molecule has 2 aromatic carbocycles. The first-order valence-electron chi connectivity index (χ1n) is 6.62. The summed E-state index contributed by atoms with van der Waals surface area (Å²) >= 11 is 0. The van der Waals surface area contributed by atoms with Crippen molar-refractivity contribution in [2.45, 2.75) is 26.4 Å². The van der Waals surface area contributed by atoms with Crippen LogP contribution in [-0.2, 0) is 11.3 Å². The zero-order valence-electron chi connectivity index (χ0n) is 11.7. The number of phenols is 1. The molecule has 3 nitrogen and oxygen atoms in total. The highest BCUT2D eigenvalue weighted by molar-refractivity contribution is 5.92. The topological polar surface area (TPSA) is 46.5 Å². The van der Waals surface area contributed by atoms with Gasteiger partial charge in [-0.1, -0.05) is 50.2 Å². The van der Waals surface area contributed by atoms with Crippen LogP contribution in [-0.4, -0.2) is 11.1 Å².